The smallest absolute Gasteiger partial charge is 0.351 e. The zero-order valence-electron chi connectivity index (χ0n) is 8.40. The molecule has 0 aliphatic carbocycles. The first-order valence-corrected chi connectivity index (χ1v) is 4.34. The topological polar surface area (TPSA) is 78.8 Å². The van der Waals surface area contributed by atoms with Crippen LogP contribution in [0, 0.1) is 5.82 Å². The van der Waals surface area contributed by atoms with E-state index in [1.165, 1.54) is 25.1 Å². The first-order chi connectivity index (χ1) is 7.50. The number of halogens is 1. The SMILES string of the molecule is C/C(=N/NC(=O)c1cccc(F)c1)C(=O)O. The number of rotatable bonds is 3. The molecule has 84 valence electrons. The minimum Gasteiger partial charge on any atom is -0.477 e. The van der Waals surface area contributed by atoms with Crippen molar-refractivity contribution in [2.24, 2.45) is 5.10 Å². The van der Waals surface area contributed by atoms with E-state index in [0.717, 1.165) is 6.07 Å². The molecule has 0 saturated carbocycles. The second-order valence-corrected chi connectivity index (χ2v) is 2.95. The molecule has 16 heavy (non-hydrogen) atoms. The summed E-state index contributed by atoms with van der Waals surface area (Å²) in [7, 11) is 0. The molecule has 1 aromatic rings. The maximum atomic E-state index is 12.7. The van der Waals surface area contributed by atoms with Gasteiger partial charge in [0.2, 0.25) is 0 Å². The molecule has 2 N–H and O–H groups in total. The number of carboxylic acid groups (broad SMARTS) is 1. The fourth-order valence-electron chi connectivity index (χ4n) is 0.877. The second-order valence-electron chi connectivity index (χ2n) is 2.95. The second kappa shape index (κ2) is 5.01. The lowest BCUT2D eigenvalue weighted by Crippen LogP contribution is -2.21. The summed E-state index contributed by atoms with van der Waals surface area (Å²) in [5, 5.41) is 11.8. The van der Waals surface area contributed by atoms with Crippen LogP contribution in [0.1, 0.15) is 17.3 Å². The average molecular weight is 224 g/mol. The summed E-state index contributed by atoms with van der Waals surface area (Å²) in [5.74, 6) is -2.45. The van der Waals surface area contributed by atoms with Crippen LogP contribution in [0.25, 0.3) is 0 Å². The van der Waals surface area contributed by atoms with Gasteiger partial charge in [-0.05, 0) is 25.1 Å². The number of nitrogens with zero attached hydrogens (tertiary/aromatic N) is 1. The van der Waals surface area contributed by atoms with Crippen LogP contribution in [0.5, 0.6) is 0 Å². The summed E-state index contributed by atoms with van der Waals surface area (Å²) in [4.78, 5) is 21.7. The van der Waals surface area contributed by atoms with E-state index < -0.39 is 17.7 Å². The Hall–Kier alpha value is -2.24. The van der Waals surface area contributed by atoms with Gasteiger partial charge >= 0.3 is 5.97 Å². The summed E-state index contributed by atoms with van der Waals surface area (Å²) in [6.45, 7) is 1.23. The molecule has 1 amide bonds. The highest BCUT2D eigenvalue weighted by molar-refractivity contribution is 6.34. The van der Waals surface area contributed by atoms with Gasteiger partial charge in [-0.1, -0.05) is 6.07 Å². The van der Waals surface area contributed by atoms with Gasteiger partial charge in [-0.25, -0.2) is 14.6 Å². The van der Waals surface area contributed by atoms with Crippen molar-refractivity contribution in [3.05, 3.63) is 35.6 Å². The minimum absolute atomic E-state index is 0.0712. The van der Waals surface area contributed by atoms with Gasteiger partial charge in [0.05, 0.1) is 0 Å². The van der Waals surface area contributed by atoms with Crippen molar-refractivity contribution in [3.63, 3.8) is 0 Å². The third kappa shape index (κ3) is 3.16. The van der Waals surface area contributed by atoms with Crippen LogP contribution in [-0.4, -0.2) is 22.7 Å². The molecule has 0 fully saturated rings. The molecule has 0 aliphatic heterocycles. The molecule has 0 spiro atoms. The van der Waals surface area contributed by atoms with E-state index in [2.05, 4.69) is 5.10 Å². The lowest BCUT2D eigenvalue weighted by molar-refractivity contribution is -0.129. The first-order valence-electron chi connectivity index (χ1n) is 4.34. The van der Waals surface area contributed by atoms with Gasteiger partial charge in [-0.15, -0.1) is 0 Å². The number of amides is 1. The highest BCUT2D eigenvalue weighted by Crippen LogP contribution is 2.02. The van der Waals surface area contributed by atoms with Crippen molar-refractivity contribution in [3.8, 4) is 0 Å². The number of hydrogen-bond acceptors (Lipinski definition) is 3. The third-order valence-corrected chi connectivity index (χ3v) is 1.72. The predicted molar refractivity (Wildman–Crippen MR) is 54.6 cm³/mol. The van der Waals surface area contributed by atoms with E-state index in [9.17, 15) is 14.0 Å². The van der Waals surface area contributed by atoms with E-state index in [1.807, 2.05) is 5.43 Å². The molecule has 0 radical (unpaired) electrons. The van der Waals surface area contributed by atoms with Crippen LogP contribution < -0.4 is 5.43 Å². The molecule has 6 heteroatoms. The third-order valence-electron chi connectivity index (χ3n) is 1.72. The van der Waals surface area contributed by atoms with Crippen LogP contribution >= 0.6 is 0 Å². The van der Waals surface area contributed by atoms with Crippen LogP contribution in [0.15, 0.2) is 29.4 Å². The fraction of sp³-hybridized carbons (Fsp3) is 0.100. The number of carbonyl (C=O) groups is 2. The average Bonchev–Trinajstić information content (AvgIpc) is 2.25. The number of carboxylic acids is 1. The van der Waals surface area contributed by atoms with E-state index in [1.54, 1.807) is 0 Å². The van der Waals surface area contributed by atoms with Gasteiger partial charge in [0.15, 0.2) is 0 Å². The van der Waals surface area contributed by atoms with Gasteiger partial charge in [-0.3, -0.25) is 4.79 Å². The van der Waals surface area contributed by atoms with E-state index in [0.29, 0.717) is 0 Å². The van der Waals surface area contributed by atoms with Crippen LogP contribution in [-0.2, 0) is 4.79 Å². The van der Waals surface area contributed by atoms with E-state index in [4.69, 9.17) is 5.11 Å². The molecule has 0 saturated heterocycles. The molecule has 0 aliphatic rings. The van der Waals surface area contributed by atoms with Crippen molar-refractivity contribution in [2.45, 2.75) is 6.92 Å². The van der Waals surface area contributed by atoms with Crippen molar-refractivity contribution < 1.29 is 19.1 Å². The Morgan fingerprint density at radius 3 is 2.69 bits per heavy atom. The van der Waals surface area contributed by atoms with Crippen molar-refractivity contribution in [2.75, 3.05) is 0 Å². The Morgan fingerprint density at radius 1 is 1.44 bits per heavy atom. The highest BCUT2D eigenvalue weighted by Gasteiger charge is 2.07. The van der Waals surface area contributed by atoms with Crippen LogP contribution in [0.3, 0.4) is 0 Å². The van der Waals surface area contributed by atoms with Crippen molar-refractivity contribution >= 4 is 17.6 Å². The number of nitrogens with one attached hydrogen (secondary N) is 1. The minimum atomic E-state index is -1.24. The maximum absolute atomic E-state index is 12.7. The fourth-order valence-corrected chi connectivity index (χ4v) is 0.877. The van der Waals surface area contributed by atoms with Gasteiger partial charge < -0.3 is 5.11 Å². The Morgan fingerprint density at radius 2 is 2.12 bits per heavy atom. The lowest BCUT2D eigenvalue weighted by atomic mass is 10.2. The largest absolute Gasteiger partial charge is 0.477 e. The van der Waals surface area contributed by atoms with Gasteiger partial charge in [0.1, 0.15) is 11.5 Å². The Kier molecular flexibility index (Phi) is 3.71. The van der Waals surface area contributed by atoms with Crippen molar-refractivity contribution in [1.29, 1.82) is 0 Å². The predicted octanol–water partition coefficient (Wildman–Crippen LogP) is 1.02. The lowest BCUT2D eigenvalue weighted by Gasteiger charge is -2.00. The quantitative estimate of drug-likeness (QED) is 0.594. The molecule has 0 aromatic heterocycles. The van der Waals surface area contributed by atoms with E-state index in [-0.39, 0.29) is 11.3 Å². The molecular formula is C10H9FN2O3. The number of aliphatic carboxylic acids is 1. The Bertz CT molecular complexity index is 457. The molecule has 0 heterocycles. The molecule has 1 rings (SSSR count). The van der Waals surface area contributed by atoms with Gasteiger partial charge in [-0.2, -0.15) is 5.10 Å². The van der Waals surface area contributed by atoms with Crippen molar-refractivity contribution in [1.82, 2.24) is 5.43 Å². The number of hydrogen-bond donors (Lipinski definition) is 2. The zero-order chi connectivity index (χ0) is 12.1. The standard InChI is InChI=1S/C10H9FN2O3/c1-6(10(15)16)12-13-9(14)7-3-2-4-8(11)5-7/h2-5H,1H3,(H,13,14)(H,15,16)/b12-6-. The summed E-state index contributed by atoms with van der Waals surface area (Å²) >= 11 is 0. The summed E-state index contributed by atoms with van der Waals surface area (Å²) in [5.41, 5.74) is 1.82. The Labute approximate surface area is 90.6 Å². The summed E-state index contributed by atoms with van der Waals surface area (Å²) in [6.07, 6.45) is 0. The van der Waals surface area contributed by atoms with Crippen LogP contribution in [0.4, 0.5) is 4.39 Å². The normalized spacial score (nSPS) is 11.0. The van der Waals surface area contributed by atoms with E-state index >= 15 is 0 Å². The monoisotopic (exact) mass is 224 g/mol. The highest BCUT2D eigenvalue weighted by atomic mass is 19.1. The molecule has 0 unspecified atom stereocenters. The Balaban J connectivity index is 2.74. The molecule has 0 bridgehead atoms. The zero-order valence-corrected chi connectivity index (χ0v) is 8.40. The molecule has 5 nitrogen and oxygen atoms in total. The van der Waals surface area contributed by atoms with Crippen LogP contribution in [0.2, 0.25) is 0 Å². The van der Waals surface area contributed by atoms with Gasteiger partial charge in [0.25, 0.3) is 5.91 Å². The van der Waals surface area contributed by atoms with Gasteiger partial charge in [0, 0.05) is 5.56 Å². The summed E-state index contributed by atoms with van der Waals surface area (Å²) < 4.78 is 12.7. The number of benzene rings is 1. The first kappa shape index (κ1) is 11.8. The maximum Gasteiger partial charge on any atom is 0.351 e. The summed E-state index contributed by atoms with van der Waals surface area (Å²) in [6, 6.07) is 4.99. The number of hydrazone groups is 1. The molecule has 0 atom stereocenters. The number of carbonyl (C=O) groups excluding carboxylic acids is 1. The molecular weight excluding hydrogens is 215 g/mol. The molecule has 1 aromatic carbocycles.